The third-order valence-electron chi connectivity index (χ3n) is 7.08. The van der Waals surface area contributed by atoms with Gasteiger partial charge in [-0.3, -0.25) is 4.79 Å². The standard InChI is InChI=1S/C28H34N4O4/c1-19-16-31(28(34)30(2)3)18-24-26(19)22-8-4-5-9-23(22)32(24)17-20-11-13-21(14-12-20)27(33)29-36-25-10-6-7-15-35-25/h4-5,8-9,11-14,19,25H,6-7,10,15-18H2,1-3H3,(H,29,33). The lowest BCUT2D eigenvalue weighted by Gasteiger charge is -2.34. The molecule has 0 bridgehead atoms. The van der Waals surface area contributed by atoms with Gasteiger partial charge in [-0.1, -0.05) is 37.3 Å². The quantitative estimate of drug-likeness (QED) is 0.535. The van der Waals surface area contributed by atoms with Crippen LogP contribution in [-0.2, 0) is 22.7 Å². The molecule has 1 saturated heterocycles. The summed E-state index contributed by atoms with van der Waals surface area (Å²) in [6.45, 7) is 4.79. The molecule has 0 spiro atoms. The first-order valence-corrected chi connectivity index (χ1v) is 12.6. The van der Waals surface area contributed by atoms with Crippen LogP contribution < -0.4 is 5.48 Å². The second-order valence-electron chi connectivity index (χ2n) is 9.96. The van der Waals surface area contributed by atoms with Gasteiger partial charge in [0.05, 0.1) is 6.54 Å². The number of urea groups is 1. The molecule has 0 saturated carbocycles. The van der Waals surface area contributed by atoms with Crippen LogP contribution in [0, 0.1) is 0 Å². The zero-order valence-electron chi connectivity index (χ0n) is 21.2. The summed E-state index contributed by atoms with van der Waals surface area (Å²) in [4.78, 5) is 34.3. The molecule has 3 heterocycles. The molecule has 3 amide bonds. The normalized spacial score (nSPS) is 19.7. The Labute approximate surface area is 211 Å². The smallest absolute Gasteiger partial charge is 0.319 e. The number of rotatable bonds is 5. The van der Waals surface area contributed by atoms with E-state index in [-0.39, 0.29) is 24.1 Å². The maximum Gasteiger partial charge on any atom is 0.319 e. The van der Waals surface area contributed by atoms with Gasteiger partial charge in [0, 0.05) is 68.3 Å². The lowest BCUT2D eigenvalue weighted by atomic mass is 9.93. The number of para-hydroxylation sites is 1. The topological polar surface area (TPSA) is 76.0 Å². The van der Waals surface area contributed by atoms with E-state index < -0.39 is 0 Å². The number of benzene rings is 2. The first-order valence-electron chi connectivity index (χ1n) is 12.6. The van der Waals surface area contributed by atoms with Crippen molar-refractivity contribution >= 4 is 22.8 Å². The van der Waals surface area contributed by atoms with Crippen molar-refractivity contribution in [2.45, 2.75) is 51.5 Å². The second-order valence-corrected chi connectivity index (χ2v) is 9.96. The van der Waals surface area contributed by atoms with Gasteiger partial charge in [-0.15, -0.1) is 0 Å². The van der Waals surface area contributed by atoms with Crippen LogP contribution in [-0.4, -0.2) is 59.8 Å². The van der Waals surface area contributed by atoms with Gasteiger partial charge in [-0.25, -0.2) is 15.1 Å². The molecule has 2 atom stereocenters. The fourth-order valence-corrected chi connectivity index (χ4v) is 5.31. The number of fused-ring (bicyclic) bond motifs is 3. The Morgan fingerprint density at radius 2 is 1.89 bits per heavy atom. The molecule has 2 unspecified atom stereocenters. The lowest BCUT2D eigenvalue weighted by molar-refractivity contribution is -0.186. The second kappa shape index (κ2) is 10.3. The Hall–Kier alpha value is -3.36. The predicted molar refractivity (Wildman–Crippen MR) is 138 cm³/mol. The Kier molecular flexibility index (Phi) is 6.98. The number of hydrogen-bond donors (Lipinski definition) is 1. The highest BCUT2D eigenvalue weighted by molar-refractivity contribution is 5.93. The molecule has 2 aromatic carbocycles. The highest BCUT2D eigenvalue weighted by atomic mass is 16.8. The molecule has 2 aliphatic heterocycles. The van der Waals surface area contributed by atoms with Crippen molar-refractivity contribution in [1.82, 2.24) is 19.8 Å². The van der Waals surface area contributed by atoms with E-state index in [0.717, 1.165) is 30.3 Å². The van der Waals surface area contributed by atoms with Crippen LogP contribution in [0.4, 0.5) is 4.79 Å². The number of nitrogens with one attached hydrogen (secondary N) is 1. The summed E-state index contributed by atoms with van der Waals surface area (Å²) in [5, 5.41) is 1.25. The Morgan fingerprint density at radius 3 is 2.61 bits per heavy atom. The fraction of sp³-hybridized carbons (Fsp3) is 0.429. The summed E-state index contributed by atoms with van der Waals surface area (Å²) in [5.74, 6) is -0.0470. The third-order valence-corrected chi connectivity index (χ3v) is 7.08. The minimum atomic E-state index is -0.378. The van der Waals surface area contributed by atoms with Crippen molar-refractivity contribution < 1.29 is 19.2 Å². The number of hydroxylamine groups is 1. The molecular weight excluding hydrogens is 456 g/mol. The lowest BCUT2D eigenvalue weighted by Crippen LogP contribution is -2.43. The van der Waals surface area contributed by atoms with Crippen LogP contribution in [0.15, 0.2) is 48.5 Å². The summed E-state index contributed by atoms with van der Waals surface area (Å²) in [5.41, 5.74) is 7.79. The molecule has 2 aliphatic rings. The van der Waals surface area contributed by atoms with E-state index in [0.29, 0.717) is 31.8 Å². The molecule has 3 aromatic rings. The minimum absolute atomic E-state index is 0.0283. The zero-order chi connectivity index (χ0) is 25.2. The van der Waals surface area contributed by atoms with Crippen molar-refractivity contribution in [2.75, 3.05) is 27.2 Å². The summed E-state index contributed by atoms with van der Waals surface area (Å²) in [7, 11) is 3.59. The Bertz CT molecular complexity index is 1240. The number of aromatic nitrogens is 1. The van der Waals surface area contributed by atoms with Crippen LogP contribution in [0.1, 0.15) is 59.3 Å². The first kappa shape index (κ1) is 24.3. The highest BCUT2D eigenvalue weighted by Crippen LogP contribution is 2.37. The number of carbonyl (C=O) groups is 2. The number of nitrogens with zero attached hydrogens (tertiary/aromatic N) is 3. The maximum absolute atomic E-state index is 12.8. The summed E-state index contributed by atoms with van der Waals surface area (Å²) in [6, 6.07) is 16.1. The van der Waals surface area contributed by atoms with Crippen molar-refractivity contribution in [3.8, 4) is 0 Å². The van der Waals surface area contributed by atoms with Gasteiger partial charge in [0.15, 0.2) is 6.29 Å². The SMILES string of the molecule is CC1CN(C(=O)N(C)C)Cc2c1c1ccccc1n2Cc1ccc(C(=O)NOC2CCCCO2)cc1. The summed E-state index contributed by atoms with van der Waals surface area (Å²) in [6.07, 6.45) is 2.46. The summed E-state index contributed by atoms with van der Waals surface area (Å²) >= 11 is 0. The molecule has 1 fully saturated rings. The number of amides is 3. The van der Waals surface area contributed by atoms with Gasteiger partial charge in [0.1, 0.15) is 0 Å². The first-order chi connectivity index (χ1) is 17.4. The van der Waals surface area contributed by atoms with Gasteiger partial charge >= 0.3 is 6.03 Å². The van der Waals surface area contributed by atoms with Gasteiger partial charge in [-0.05, 0) is 42.2 Å². The van der Waals surface area contributed by atoms with Crippen molar-refractivity contribution in [3.05, 3.63) is 70.9 Å². The molecule has 0 aliphatic carbocycles. The van der Waals surface area contributed by atoms with E-state index in [1.165, 1.54) is 16.6 Å². The van der Waals surface area contributed by atoms with Crippen molar-refractivity contribution in [3.63, 3.8) is 0 Å². The van der Waals surface area contributed by atoms with Crippen molar-refractivity contribution in [1.29, 1.82) is 0 Å². The number of ether oxygens (including phenoxy) is 1. The predicted octanol–water partition coefficient (Wildman–Crippen LogP) is 4.48. The maximum atomic E-state index is 12.8. The minimum Gasteiger partial charge on any atom is -0.350 e. The molecular formula is C28H34N4O4. The number of carbonyl (C=O) groups excluding carboxylic acids is 2. The fourth-order valence-electron chi connectivity index (χ4n) is 5.31. The summed E-state index contributed by atoms with van der Waals surface area (Å²) < 4.78 is 7.81. The van der Waals surface area contributed by atoms with Gasteiger partial charge in [0.2, 0.25) is 0 Å². The molecule has 1 N–H and O–H groups in total. The molecule has 8 nitrogen and oxygen atoms in total. The Balaban J connectivity index is 1.36. The zero-order valence-corrected chi connectivity index (χ0v) is 21.2. The van der Waals surface area contributed by atoms with E-state index >= 15 is 0 Å². The van der Waals surface area contributed by atoms with E-state index in [2.05, 4.69) is 41.2 Å². The molecule has 1 aromatic heterocycles. The van der Waals surface area contributed by atoms with E-state index in [4.69, 9.17) is 9.57 Å². The van der Waals surface area contributed by atoms with E-state index in [1.807, 2.05) is 29.2 Å². The van der Waals surface area contributed by atoms with Crippen LogP contribution in [0.5, 0.6) is 0 Å². The molecule has 0 radical (unpaired) electrons. The van der Waals surface area contributed by atoms with Crippen LogP contribution in [0.25, 0.3) is 10.9 Å². The van der Waals surface area contributed by atoms with Crippen LogP contribution in [0.2, 0.25) is 0 Å². The van der Waals surface area contributed by atoms with E-state index in [1.54, 1.807) is 19.0 Å². The third kappa shape index (κ3) is 4.83. The monoisotopic (exact) mass is 490 g/mol. The molecule has 36 heavy (non-hydrogen) atoms. The highest BCUT2D eigenvalue weighted by Gasteiger charge is 2.31. The van der Waals surface area contributed by atoms with Crippen molar-refractivity contribution in [2.24, 2.45) is 0 Å². The van der Waals surface area contributed by atoms with Gasteiger partial charge < -0.3 is 19.1 Å². The molecule has 5 rings (SSSR count). The average Bonchev–Trinajstić information content (AvgIpc) is 3.21. The molecule has 8 heteroatoms. The largest absolute Gasteiger partial charge is 0.350 e. The Morgan fingerprint density at radius 1 is 1.11 bits per heavy atom. The molecule has 190 valence electrons. The van der Waals surface area contributed by atoms with Gasteiger partial charge in [-0.2, -0.15) is 0 Å². The van der Waals surface area contributed by atoms with E-state index in [9.17, 15) is 9.59 Å². The van der Waals surface area contributed by atoms with Crippen LogP contribution in [0.3, 0.4) is 0 Å². The van der Waals surface area contributed by atoms with Gasteiger partial charge in [0.25, 0.3) is 5.91 Å². The van der Waals surface area contributed by atoms with Crippen LogP contribution >= 0.6 is 0 Å². The average molecular weight is 491 g/mol. The number of hydrogen-bond acceptors (Lipinski definition) is 4.